The van der Waals surface area contributed by atoms with Crippen LogP contribution in [0.1, 0.15) is 11.1 Å². The number of para-hydroxylation sites is 1. The van der Waals surface area contributed by atoms with E-state index in [9.17, 15) is 9.59 Å². The Morgan fingerprint density at radius 2 is 1.94 bits per heavy atom. The monoisotopic (exact) mass is 439 g/mol. The molecule has 0 spiro atoms. The van der Waals surface area contributed by atoms with Crippen LogP contribution in [0.15, 0.2) is 67.0 Å². The number of aromatic nitrogens is 2. The molecule has 2 aliphatic heterocycles. The van der Waals surface area contributed by atoms with Gasteiger partial charge in [0.2, 0.25) is 11.8 Å². The Morgan fingerprint density at radius 3 is 2.88 bits per heavy atom. The Morgan fingerprint density at radius 1 is 1.03 bits per heavy atom. The van der Waals surface area contributed by atoms with E-state index in [1.807, 2.05) is 42.6 Å². The lowest BCUT2D eigenvalue weighted by Crippen LogP contribution is -2.69. The number of benzene rings is 2. The van der Waals surface area contributed by atoms with Crippen LogP contribution in [-0.2, 0) is 22.6 Å². The molecule has 0 saturated carbocycles. The van der Waals surface area contributed by atoms with Crippen LogP contribution >= 0.6 is 0 Å². The topological polar surface area (TPSA) is 81.3 Å². The van der Waals surface area contributed by atoms with Gasteiger partial charge >= 0.3 is 0 Å². The first kappa shape index (κ1) is 19.9. The molecule has 166 valence electrons. The van der Waals surface area contributed by atoms with Crippen molar-refractivity contribution in [1.82, 2.24) is 25.1 Å². The van der Waals surface area contributed by atoms with Crippen molar-refractivity contribution >= 4 is 33.6 Å². The minimum atomic E-state index is -0.521. The number of piperazine rings is 2. The van der Waals surface area contributed by atoms with Gasteiger partial charge in [-0.3, -0.25) is 19.5 Å². The first-order chi connectivity index (χ1) is 16.2. The van der Waals surface area contributed by atoms with Gasteiger partial charge in [0.1, 0.15) is 12.1 Å². The van der Waals surface area contributed by atoms with E-state index in [0.29, 0.717) is 19.5 Å². The second kappa shape index (κ2) is 8.01. The number of aromatic amines is 1. The van der Waals surface area contributed by atoms with Crippen molar-refractivity contribution < 1.29 is 9.59 Å². The molecule has 0 bridgehead atoms. The Bertz CT molecular complexity index is 1360. The molecule has 6 rings (SSSR count). The smallest absolute Gasteiger partial charge is 0.246 e. The van der Waals surface area contributed by atoms with Crippen LogP contribution in [-0.4, -0.2) is 63.3 Å². The molecule has 2 aromatic heterocycles. The minimum Gasteiger partial charge on any atom is -0.361 e. The predicted octanol–water partition coefficient (Wildman–Crippen LogP) is 2.47. The summed E-state index contributed by atoms with van der Waals surface area (Å²) < 4.78 is 0. The molecule has 7 nitrogen and oxygen atoms in total. The quantitative estimate of drug-likeness (QED) is 0.512. The molecule has 2 aliphatic rings. The standard InChI is InChI=1S/C26H25N5O2/c32-25-24-16-30(15-17-7-8-21-18(12-17)4-3-9-27-21)10-11-31(24)26(33)23(29-25)13-19-14-28-22-6-2-1-5-20(19)22/h1-9,12,14,23-24,28H,10-11,13,15-16H2,(H,29,32)/t23-,24+/m0/s1. The maximum atomic E-state index is 13.3. The number of pyridine rings is 1. The van der Waals surface area contributed by atoms with Crippen molar-refractivity contribution in [2.45, 2.75) is 25.0 Å². The number of carbonyl (C=O) groups is 2. The molecule has 2 atom stereocenters. The number of H-pyrrole nitrogens is 1. The number of amides is 2. The molecule has 4 heterocycles. The molecule has 7 heteroatoms. The van der Waals surface area contributed by atoms with Gasteiger partial charge < -0.3 is 15.2 Å². The van der Waals surface area contributed by atoms with Gasteiger partial charge in [0.25, 0.3) is 0 Å². The number of fused-ring (bicyclic) bond motifs is 3. The van der Waals surface area contributed by atoms with Crippen LogP contribution < -0.4 is 5.32 Å². The van der Waals surface area contributed by atoms with E-state index >= 15 is 0 Å². The summed E-state index contributed by atoms with van der Waals surface area (Å²) in [6.07, 6.45) is 4.23. The number of nitrogens with one attached hydrogen (secondary N) is 2. The first-order valence-electron chi connectivity index (χ1n) is 11.4. The number of carbonyl (C=O) groups excluding carboxylic acids is 2. The van der Waals surface area contributed by atoms with Gasteiger partial charge in [-0.2, -0.15) is 0 Å². The highest BCUT2D eigenvalue weighted by Gasteiger charge is 2.43. The molecule has 2 saturated heterocycles. The molecule has 2 aromatic carbocycles. The zero-order valence-electron chi connectivity index (χ0n) is 18.2. The number of nitrogens with zero attached hydrogens (tertiary/aromatic N) is 3. The zero-order valence-corrected chi connectivity index (χ0v) is 18.2. The third kappa shape index (κ3) is 3.64. The van der Waals surface area contributed by atoms with Crippen molar-refractivity contribution in [3.8, 4) is 0 Å². The summed E-state index contributed by atoms with van der Waals surface area (Å²) in [4.78, 5) is 37.9. The number of hydrogen-bond donors (Lipinski definition) is 2. The lowest BCUT2D eigenvalue weighted by atomic mass is 9.98. The maximum absolute atomic E-state index is 13.3. The molecule has 0 unspecified atom stereocenters. The maximum Gasteiger partial charge on any atom is 0.246 e. The van der Waals surface area contributed by atoms with Crippen LogP contribution in [0.3, 0.4) is 0 Å². The third-order valence-electron chi connectivity index (χ3n) is 6.84. The fourth-order valence-electron chi connectivity index (χ4n) is 5.14. The van der Waals surface area contributed by atoms with Gasteiger partial charge in [0.15, 0.2) is 0 Å². The average Bonchev–Trinajstić information content (AvgIpc) is 3.25. The van der Waals surface area contributed by atoms with E-state index in [2.05, 4.69) is 38.4 Å². The van der Waals surface area contributed by atoms with Crippen molar-refractivity contribution in [1.29, 1.82) is 0 Å². The molecule has 0 aliphatic carbocycles. The lowest BCUT2D eigenvalue weighted by Gasteiger charge is -2.45. The van der Waals surface area contributed by atoms with Crippen molar-refractivity contribution in [2.24, 2.45) is 0 Å². The van der Waals surface area contributed by atoms with Gasteiger partial charge in [-0.05, 0) is 35.4 Å². The van der Waals surface area contributed by atoms with E-state index in [0.717, 1.165) is 40.5 Å². The van der Waals surface area contributed by atoms with Gasteiger partial charge in [-0.15, -0.1) is 0 Å². The van der Waals surface area contributed by atoms with Crippen LogP contribution in [0.25, 0.3) is 21.8 Å². The fraction of sp³-hybridized carbons (Fsp3) is 0.269. The van der Waals surface area contributed by atoms with Crippen LogP contribution in [0, 0.1) is 0 Å². The largest absolute Gasteiger partial charge is 0.361 e. The molecule has 0 radical (unpaired) electrons. The van der Waals surface area contributed by atoms with Gasteiger partial charge in [-0.1, -0.05) is 30.3 Å². The highest BCUT2D eigenvalue weighted by Crippen LogP contribution is 2.24. The van der Waals surface area contributed by atoms with E-state index in [-0.39, 0.29) is 11.8 Å². The van der Waals surface area contributed by atoms with Crippen LogP contribution in [0.4, 0.5) is 0 Å². The molecule has 2 fully saturated rings. The molecule has 2 amide bonds. The highest BCUT2D eigenvalue weighted by molar-refractivity contribution is 5.98. The van der Waals surface area contributed by atoms with Crippen molar-refractivity contribution in [3.05, 3.63) is 78.1 Å². The fourth-order valence-corrected chi connectivity index (χ4v) is 5.14. The van der Waals surface area contributed by atoms with E-state index in [1.54, 1.807) is 11.1 Å². The second-order valence-electron chi connectivity index (χ2n) is 8.94. The molecular weight excluding hydrogens is 414 g/mol. The molecule has 4 aromatic rings. The van der Waals surface area contributed by atoms with Crippen LogP contribution in [0.5, 0.6) is 0 Å². The normalized spacial score (nSPS) is 21.4. The summed E-state index contributed by atoms with van der Waals surface area (Å²) in [5.74, 6) is -0.0480. The van der Waals surface area contributed by atoms with Gasteiger partial charge in [-0.25, -0.2) is 0 Å². The third-order valence-corrected chi connectivity index (χ3v) is 6.84. The zero-order chi connectivity index (χ0) is 22.4. The Balaban J connectivity index is 1.15. The number of hydrogen-bond acceptors (Lipinski definition) is 4. The first-order valence-corrected chi connectivity index (χ1v) is 11.4. The number of rotatable bonds is 4. The summed E-state index contributed by atoms with van der Waals surface area (Å²) in [6.45, 7) is 2.61. The SMILES string of the molecule is O=C1N[C@@H](Cc2c[nH]c3ccccc23)C(=O)N2CCN(Cc3ccc4ncccc4c3)C[C@H]12. The van der Waals surface area contributed by atoms with Crippen molar-refractivity contribution in [2.75, 3.05) is 19.6 Å². The summed E-state index contributed by atoms with van der Waals surface area (Å²) in [7, 11) is 0. The predicted molar refractivity (Wildman–Crippen MR) is 126 cm³/mol. The summed E-state index contributed by atoms with van der Waals surface area (Å²) in [5.41, 5.74) is 4.25. The van der Waals surface area contributed by atoms with E-state index < -0.39 is 12.1 Å². The van der Waals surface area contributed by atoms with E-state index in [4.69, 9.17) is 0 Å². The Labute approximate surface area is 191 Å². The molecular formula is C26H25N5O2. The van der Waals surface area contributed by atoms with E-state index in [1.165, 1.54) is 5.56 Å². The summed E-state index contributed by atoms with van der Waals surface area (Å²) in [5, 5.41) is 5.20. The Kier molecular flexibility index (Phi) is 4.84. The van der Waals surface area contributed by atoms with Crippen LogP contribution in [0.2, 0.25) is 0 Å². The summed E-state index contributed by atoms with van der Waals surface area (Å²) >= 11 is 0. The minimum absolute atomic E-state index is 0.0151. The highest BCUT2D eigenvalue weighted by atomic mass is 16.2. The van der Waals surface area contributed by atoms with Gasteiger partial charge in [0, 0.05) is 61.3 Å². The Hall–Kier alpha value is -3.71. The average molecular weight is 440 g/mol. The molecule has 2 N–H and O–H groups in total. The van der Waals surface area contributed by atoms with Crippen molar-refractivity contribution in [3.63, 3.8) is 0 Å². The van der Waals surface area contributed by atoms with Gasteiger partial charge in [0.05, 0.1) is 5.52 Å². The molecule has 33 heavy (non-hydrogen) atoms. The summed E-state index contributed by atoms with van der Waals surface area (Å²) in [6, 6.07) is 17.3. The second-order valence-corrected chi connectivity index (χ2v) is 8.94. The lowest BCUT2D eigenvalue weighted by molar-refractivity contribution is -0.153.